The number of aryl methyl sites for hydroxylation is 1. The number of hydrogen-bond donors (Lipinski definition) is 0. The Labute approximate surface area is 174 Å². The third kappa shape index (κ3) is 3.94. The number of rotatable bonds is 5. The number of fused-ring (bicyclic) bond motifs is 1. The highest BCUT2D eigenvalue weighted by Gasteiger charge is 2.31. The molecule has 1 aromatic heterocycles. The van der Waals surface area contributed by atoms with Gasteiger partial charge in [0.2, 0.25) is 5.78 Å². The number of nitrogens with zero attached hydrogens (tertiary/aromatic N) is 1. The average molecular weight is 433 g/mol. The molecule has 0 N–H and O–H groups in total. The Morgan fingerprint density at radius 3 is 2.57 bits per heavy atom. The molecule has 1 unspecified atom stereocenters. The van der Waals surface area contributed by atoms with Gasteiger partial charge in [0.25, 0.3) is 0 Å². The maximum atomic E-state index is 12.7. The van der Waals surface area contributed by atoms with Crippen molar-refractivity contribution < 1.29 is 32.2 Å². The normalized spacial score (nSPS) is 19.5. The van der Waals surface area contributed by atoms with Crippen molar-refractivity contribution in [3.63, 3.8) is 0 Å². The first-order valence-corrected chi connectivity index (χ1v) is 11.6. The number of carbonyl (C=O) groups is 2. The zero-order valence-corrected chi connectivity index (χ0v) is 17.7. The van der Waals surface area contributed by atoms with Gasteiger partial charge < -0.3 is 18.8 Å². The molecule has 0 amide bonds. The number of carbonyl (C=O) groups excluding carboxylic acids is 2. The molecular formula is C21H23NO7S. The van der Waals surface area contributed by atoms with Crippen molar-refractivity contribution in [2.24, 2.45) is 0 Å². The number of esters is 1. The number of hydrogen-bond acceptors (Lipinski definition) is 7. The lowest BCUT2D eigenvalue weighted by Crippen LogP contribution is -2.18. The summed E-state index contributed by atoms with van der Waals surface area (Å²) in [6, 6.07) is 6.29. The van der Waals surface area contributed by atoms with Gasteiger partial charge in [-0.15, -0.1) is 0 Å². The lowest BCUT2D eigenvalue weighted by atomic mass is 10.1. The largest absolute Gasteiger partial charge is 0.486 e. The molecular weight excluding hydrogens is 410 g/mol. The molecule has 0 radical (unpaired) electrons. The first-order valence-electron chi connectivity index (χ1n) is 9.74. The summed E-state index contributed by atoms with van der Waals surface area (Å²) in [5, 5.41) is 0. The molecule has 160 valence electrons. The highest BCUT2D eigenvalue weighted by atomic mass is 32.2. The van der Waals surface area contributed by atoms with Crippen LogP contribution >= 0.6 is 0 Å². The zero-order valence-electron chi connectivity index (χ0n) is 16.8. The summed E-state index contributed by atoms with van der Waals surface area (Å²) in [5.41, 5.74) is 2.21. The van der Waals surface area contributed by atoms with E-state index in [-0.39, 0.29) is 28.9 Å². The molecule has 2 aromatic rings. The van der Waals surface area contributed by atoms with Gasteiger partial charge in [-0.05, 0) is 44.5 Å². The van der Waals surface area contributed by atoms with Crippen LogP contribution in [-0.4, -0.2) is 56.1 Å². The number of aromatic nitrogens is 1. The van der Waals surface area contributed by atoms with E-state index >= 15 is 0 Å². The van der Waals surface area contributed by atoms with Crippen LogP contribution in [0.4, 0.5) is 0 Å². The van der Waals surface area contributed by atoms with E-state index in [1.165, 1.54) is 6.07 Å². The highest BCUT2D eigenvalue weighted by molar-refractivity contribution is 7.91. The standard InChI is InChI=1S/C21H23NO7S/c1-13-9-17(14(2)22(13)16-5-8-30(25,26)12-16)18(23)11-29-21(24)15-3-4-19-20(10-15)28-7-6-27-19/h3-4,9-10,16H,5-8,11-12H2,1-2H3. The highest BCUT2D eigenvalue weighted by Crippen LogP contribution is 2.31. The minimum atomic E-state index is -3.04. The van der Waals surface area contributed by atoms with E-state index < -0.39 is 22.4 Å². The molecule has 4 rings (SSSR count). The molecule has 30 heavy (non-hydrogen) atoms. The number of sulfone groups is 1. The molecule has 2 aliphatic rings. The summed E-state index contributed by atoms with van der Waals surface area (Å²) < 4.78 is 41.6. The van der Waals surface area contributed by atoms with Gasteiger partial charge in [-0.25, -0.2) is 13.2 Å². The Hall–Kier alpha value is -2.81. The number of Topliss-reactive ketones (excluding diaryl/α,β-unsaturated/α-hetero) is 1. The molecule has 2 aliphatic heterocycles. The van der Waals surface area contributed by atoms with Crippen molar-refractivity contribution >= 4 is 21.6 Å². The van der Waals surface area contributed by atoms with Crippen LogP contribution in [-0.2, 0) is 14.6 Å². The quantitative estimate of drug-likeness (QED) is 0.527. The van der Waals surface area contributed by atoms with Crippen LogP contribution in [0, 0.1) is 13.8 Å². The SMILES string of the molecule is Cc1cc(C(=O)COC(=O)c2ccc3c(c2)OCCO3)c(C)n1C1CCS(=O)(=O)C1. The maximum Gasteiger partial charge on any atom is 0.338 e. The van der Waals surface area contributed by atoms with Crippen molar-refractivity contribution in [2.45, 2.75) is 26.3 Å². The Morgan fingerprint density at radius 1 is 1.13 bits per heavy atom. The second-order valence-corrected chi connectivity index (χ2v) is 9.80. The van der Waals surface area contributed by atoms with Crippen molar-refractivity contribution in [1.82, 2.24) is 4.57 Å². The first kappa shape index (κ1) is 20.5. The Bertz CT molecular complexity index is 1120. The van der Waals surface area contributed by atoms with Crippen LogP contribution in [0.25, 0.3) is 0 Å². The van der Waals surface area contributed by atoms with Gasteiger partial charge in [0.1, 0.15) is 13.2 Å². The predicted molar refractivity (Wildman–Crippen MR) is 108 cm³/mol. The van der Waals surface area contributed by atoms with E-state index in [9.17, 15) is 18.0 Å². The summed E-state index contributed by atoms with van der Waals surface area (Å²) in [5.74, 6) is 0.311. The molecule has 3 heterocycles. The molecule has 0 aliphatic carbocycles. The lowest BCUT2D eigenvalue weighted by Gasteiger charge is -2.18. The van der Waals surface area contributed by atoms with E-state index in [0.717, 1.165) is 5.69 Å². The molecule has 1 atom stereocenters. The first-order chi connectivity index (χ1) is 14.2. The summed E-state index contributed by atoms with van der Waals surface area (Å²) in [4.78, 5) is 25.0. The fourth-order valence-electron chi connectivity index (χ4n) is 4.06. The van der Waals surface area contributed by atoms with Gasteiger partial charge in [-0.3, -0.25) is 4.79 Å². The Balaban J connectivity index is 1.44. The second kappa shape index (κ2) is 7.79. The number of ether oxygens (including phenoxy) is 3. The van der Waals surface area contributed by atoms with Crippen molar-refractivity contribution in [2.75, 3.05) is 31.3 Å². The number of ketones is 1. The molecule has 0 bridgehead atoms. The molecule has 1 fully saturated rings. The van der Waals surface area contributed by atoms with Crippen molar-refractivity contribution in [3.05, 3.63) is 46.8 Å². The topological polar surface area (TPSA) is 101 Å². The van der Waals surface area contributed by atoms with Crippen LogP contribution in [0.5, 0.6) is 11.5 Å². The summed E-state index contributed by atoms with van der Waals surface area (Å²) >= 11 is 0. The van der Waals surface area contributed by atoms with Gasteiger partial charge >= 0.3 is 5.97 Å². The zero-order chi connectivity index (χ0) is 21.5. The molecule has 1 saturated heterocycles. The summed E-state index contributed by atoms with van der Waals surface area (Å²) in [6.45, 7) is 4.09. The van der Waals surface area contributed by atoms with Gasteiger partial charge in [-0.1, -0.05) is 0 Å². The van der Waals surface area contributed by atoms with Crippen LogP contribution in [0.1, 0.15) is 44.6 Å². The van der Waals surface area contributed by atoms with Crippen LogP contribution < -0.4 is 9.47 Å². The monoisotopic (exact) mass is 433 g/mol. The van der Waals surface area contributed by atoms with E-state index in [1.807, 2.05) is 11.5 Å². The lowest BCUT2D eigenvalue weighted by molar-refractivity contribution is 0.0473. The Morgan fingerprint density at radius 2 is 1.87 bits per heavy atom. The fourth-order valence-corrected chi connectivity index (χ4v) is 5.76. The molecule has 8 nitrogen and oxygen atoms in total. The van der Waals surface area contributed by atoms with E-state index in [2.05, 4.69) is 0 Å². The molecule has 0 spiro atoms. The minimum Gasteiger partial charge on any atom is -0.486 e. The smallest absolute Gasteiger partial charge is 0.338 e. The van der Waals surface area contributed by atoms with Crippen molar-refractivity contribution in [3.8, 4) is 11.5 Å². The van der Waals surface area contributed by atoms with Gasteiger partial charge in [0, 0.05) is 23.0 Å². The Kier molecular flexibility index (Phi) is 5.31. The van der Waals surface area contributed by atoms with E-state index in [1.54, 1.807) is 25.1 Å². The van der Waals surface area contributed by atoms with Crippen LogP contribution in [0.3, 0.4) is 0 Å². The summed E-state index contributed by atoms with van der Waals surface area (Å²) in [6.07, 6.45) is 0.533. The number of benzene rings is 1. The molecule has 1 aromatic carbocycles. The molecule has 9 heteroatoms. The maximum absolute atomic E-state index is 12.7. The average Bonchev–Trinajstić information content (AvgIpc) is 3.23. The van der Waals surface area contributed by atoms with Crippen molar-refractivity contribution in [1.29, 1.82) is 0 Å². The van der Waals surface area contributed by atoms with Gasteiger partial charge in [-0.2, -0.15) is 0 Å². The second-order valence-electron chi connectivity index (χ2n) is 7.57. The summed E-state index contributed by atoms with van der Waals surface area (Å²) in [7, 11) is -3.04. The van der Waals surface area contributed by atoms with Gasteiger partial charge in [0.05, 0.1) is 17.1 Å². The van der Waals surface area contributed by atoms with Crippen LogP contribution in [0.2, 0.25) is 0 Å². The van der Waals surface area contributed by atoms with E-state index in [0.29, 0.717) is 42.4 Å². The molecule has 0 saturated carbocycles. The third-order valence-corrected chi connectivity index (χ3v) is 7.22. The fraction of sp³-hybridized carbons (Fsp3) is 0.429. The predicted octanol–water partition coefficient (Wildman–Crippen LogP) is 2.28. The van der Waals surface area contributed by atoms with Crippen LogP contribution in [0.15, 0.2) is 24.3 Å². The van der Waals surface area contributed by atoms with Gasteiger partial charge in [0.15, 0.2) is 27.9 Å². The minimum absolute atomic E-state index is 0.0795. The van der Waals surface area contributed by atoms with E-state index in [4.69, 9.17) is 14.2 Å². The third-order valence-electron chi connectivity index (χ3n) is 5.47.